The highest BCUT2D eigenvalue weighted by molar-refractivity contribution is 5.75. The molecule has 4 rings (SSSR count). The topological polar surface area (TPSA) is 88.5 Å². The highest BCUT2D eigenvalue weighted by Crippen LogP contribution is 2.30. The minimum Gasteiger partial charge on any atom is -0.450 e. The van der Waals surface area contributed by atoms with Crippen LogP contribution in [0.15, 0.2) is 36.5 Å². The Morgan fingerprint density at radius 2 is 1.90 bits per heavy atom. The standard InChI is InChI=1S/C23H31N5O3/c1-2-31-23(30)27-13-11-18(12-14-27)25-22(29)26-20-9-6-10-21-19(20)15-24-28(21)16-17-7-4-3-5-8-17/h3-5,7-8,15,18,20H,2,6,9-14,16H2,1H3,(H2,25,26,29). The van der Waals surface area contributed by atoms with Crippen LogP contribution >= 0.6 is 0 Å². The number of rotatable bonds is 5. The molecular formula is C23H31N5O3. The van der Waals surface area contributed by atoms with Crippen molar-refractivity contribution in [2.45, 2.75) is 57.7 Å². The minimum atomic E-state index is -0.271. The van der Waals surface area contributed by atoms with E-state index in [1.54, 1.807) is 11.8 Å². The monoisotopic (exact) mass is 425 g/mol. The van der Waals surface area contributed by atoms with Crippen LogP contribution in [0, 0.1) is 0 Å². The zero-order valence-electron chi connectivity index (χ0n) is 18.0. The lowest BCUT2D eigenvalue weighted by Crippen LogP contribution is -2.49. The summed E-state index contributed by atoms with van der Waals surface area (Å²) in [4.78, 5) is 26.2. The summed E-state index contributed by atoms with van der Waals surface area (Å²) in [5.74, 6) is 0. The molecule has 1 fully saturated rings. The number of hydrogen-bond acceptors (Lipinski definition) is 4. The van der Waals surface area contributed by atoms with Crippen LogP contribution in [0.4, 0.5) is 9.59 Å². The van der Waals surface area contributed by atoms with Gasteiger partial charge in [-0.05, 0) is 44.6 Å². The van der Waals surface area contributed by atoms with Gasteiger partial charge in [0.05, 0.1) is 25.4 Å². The van der Waals surface area contributed by atoms with E-state index >= 15 is 0 Å². The van der Waals surface area contributed by atoms with E-state index < -0.39 is 0 Å². The number of carbonyl (C=O) groups is 2. The number of benzene rings is 1. The Labute approximate surface area is 182 Å². The van der Waals surface area contributed by atoms with Gasteiger partial charge >= 0.3 is 12.1 Å². The number of piperidine rings is 1. The second kappa shape index (κ2) is 9.85. The lowest BCUT2D eigenvalue weighted by molar-refractivity contribution is 0.0957. The van der Waals surface area contributed by atoms with Gasteiger partial charge in [-0.15, -0.1) is 0 Å². The van der Waals surface area contributed by atoms with Crippen molar-refractivity contribution in [2.24, 2.45) is 0 Å². The first-order chi connectivity index (χ1) is 15.1. The molecule has 1 aliphatic carbocycles. The van der Waals surface area contributed by atoms with Gasteiger partial charge in [0, 0.05) is 30.4 Å². The largest absolute Gasteiger partial charge is 0.450 e. The Morgan fingerprint density at radius 1 is 1.13 bits per heavy atom. The van der Waals surface area contributed by atoms with Gasteiger partial charge in [-0.1, -0.05) is 30.3 Å². The van der Waals surface area contributed by atoms with Gasteiger partial charge < -0.3 is 20.3 Å². The molecule has 31 heavy (non-hydrogen) atoms. The smallest absolute Gasteiger partial charge is 0.409 e. The van der Waals surface area contributed by atoms with Crippen molar-refractivity contribution in [1.82, 2.24) is 25.3 Å². The number of hydrogen-bond donors (Lipinski definition) is 2. The van der Waals surface area contributed by atoms with Gasteiger partial charge in [0.15, 0.2) is 0 Å². The molecule has 1 aliphatic heterocycles. The highest BCUT2D eigenvalue weighted by atomic mass is 16.6. The van der Waals surface area contributed by atoms with Gasteiger partial charge in [-0.25, -0.2) is 9.59 Å². The molecule has 0 spiro atoms. The molecule has 3 amide bonds. The first-order valence-electron chi connectivity index (χ1n) is 11.2. The molecular weight excluding hydrogens is 394 g/mol. The van der Waals surface area contributed by atoms with Crippen molar-refractivity contribution in [2.75, 3.05) is 19.7 Å². The predicted molar refractivity (Wildman–Crippen MR) is 117 cm³/mol. The van der Waals surface area contributed by atoms with Crippen LogP contribution in [0.2, 0.25) is 0 Å². The van der Waals surface area contributed by atoms with E-state index in [4.69, 9.17) is 4.74 Å². The van der Waals surface area contributed by atoms with Gasteiger partial charge in [0.2, 0.25) is 0 Å². The van der Waals surface area contributed by atoms with Crippen molar-refractivity contribution < 1.29 is 14.3 Å². The Kier molecular flexibility index (Phi) is 6.74. The minimum absolute atomic E-state index is 0.0205. The van der Waals surface area contributed by atoms with Crippen LogP contribution in [-0.2, 0) is 17.7 Å². The van der Waals surface area contributed by atoms with E-state index in [1.165, 1.54) is 11.3 Å². The van der Waals surface area contributed by atoms with E-state index in [1.807, 2.05) is 24.4 Å². The van der Waals surface area contributed by atoms with E-state index in [-0.39, 0.29) is 24.2 Å². The molecule has 0 radical (unpaired) electrons. The fourth-order valence-electron chi connectivity index (χ4n) is 4.47. The van der Waals surface area contributed by atoms with Gasteiger partial charge in [-0.2, -0.15) is 5.10 Å². The fourth-order valence-corrected chi connectivity index (χ4v) is 4.47. The second-order valence-electron chi connectivity index (χ2n) is 8.21. The maximum atomic E-state index is 12.7. The van der Waals surface area contributed by atoms with Gasteiger partial charge in [-0.3, -0.25) is 4.68 Å². The molecule has 1 atom stereocenters. The number of ether oxygens (including phenoxy) is 1. The number of nitrogens with zero attached hydrogens (tertiary/aromatic N) is 3. The summed E-state index contributed by atoms with van der Waals surface area (Å²) < 4.78 is 7.11. The lowest BCUT2D eigenvalue weighted by atomic mass is 9.93. The molecule has 2 N–H and O–H groups in total. The average molecular weight is 426 g/mol. The summed E-state index contributed by atoms with van der Waals surface area (Å²) in [6, 6.07) is 10.2. The molecule has 8 heteroatoms. The fraction of sp³-hybridized carbons (Fsp3) is 0.522. The third-order valence-electron chi connectivity index (χ3n) is 6.10. The SMILES string of the molecule is CCOC(=O)N1CCC(NC(=O)NC2CCCc3c2cnn3Cc2ccccc2)CC1. The summed E-state index contributed by atoms with van der Waals surface area (Å²) in [6.45, 7) is 4.13. The normalized spacial score (nSPS) is 18.9. The molecule has 0 saturated carbocycles. The summed E-state index contributed by atoms with van der Waals surface area (Å²) in [7, 11) is 0. The van der Waals surface area contributed by atoms with Crippen LogP contribution < -0.4 is 10.6 Å². The van der Waals surface area contributed by atoms with Gasteiger partial charge in [0.25, 0.3) is 0 Å². The summed E-state index contributed by atoms with van der Waals surface area (Å²) >= 11 is 0. The average Bonchev–Trinajstić information content (AvgIpc) is 3.19. The van der Waals surface area contributed by atoms with Crippen molar-refractivity contribution in [3.8, 4) is 0 Å². The maximum Gasteiger partial charge on any atom is 0.409 e. The Hall–Kier alpha value is -3.03. The zero-order chi connectivity index (χ0) is 21.6. The number of aromatic nitrogens is 2. The molecule has 0 bridgehead atoms. The maximum absolute atomic E-state index is 12.7. The van der Waals surface area contributed by atoms with Crippen molar-refractivity contribution >= 4 is 12.1 Å². The van der Waals surface area contributed by atoms with E-state index in [0.29, 0.717) is 19.7 Å². The first-order valence-corrected chi connectivity index (χ1v) is 11.2. The molecule has 1 aromatic carbocycles. The number of nitrogens with one attached hydrogen (secondary N) is 2. The van der Waals surface area contributed by atoms with E-state index in [2.05, 4.69) is 32.5 Å². The molecule has 1 saturated heterocycles. The van der Waals surface area contributed by atoms with E-state index in [9.17, 15) is 9.59 Å². The van der Waals surface area contributed by atoms with Crippen LogP contribution in [0.25, 0.3) is 0 Å². The van der Waals surface area contributed by atoms with Crippen molar-refractivity contribution in [3.05, 3.63) is 53.3 Å². The Balaban J connectivity index is 1.31. The first kappa shape index (κ1) is 21.2. The molecule has 1 unspecified atom stereocenters. The Morgan fingerprint density at radius 3 is 2.65 bits per heavy atom. The number of amides is 3. The predicted octanol–water partition coefficient (Wildman–Crippen LogP) is 3.23. The molecule has 166 valence electrons. The van der Waals surface area contributed by atoms with Crippen LogP contribution in [0.5, 0.6) is 0 Å². The zero-order valence-corrected chi connectivity index (χ0v) is 18.0. The quantitative estimate of drug-likeness (QED) is 0.770. The molecule has 2 heterocycles. The Bertz CT molecular complexity index is 890. The molecule has 2 aromatic rings. The van der Waals surface area contributed by atoms with Crippen LogP contribution in [-0.4, -0.2) is 52.5 Å². The number of urea groups is 1. The van der Waals surface area contributed by atoms with Crippen molar-refractivity contribution in [3.63, 3.8) is 0 Å². The van der Waals surface area contributed by atoms with Crippen LogP contribution in [0.3, 0.4) is 0 Å². The van der Waals surface area contributed by atoms with Crippen molar-refractivity contribution in [1.29, 1.82) is 0 Å². The van der Waals surface area contributed by atoms with E-state index in [0.717, 1.165) is 44.2 Å². The third kappa shape index (κ3) is 5.18. The third-order valence-corrected chi connectivity index (χ3v) is 6.10. The summed E-state index contributed by atoms with van der Waals surface area (Å²) in [5, 5.41) is 10.8. The number of fused-ring (bicyclic) bond motifs is 1. The summed E-state index contributed by atoms with van der Waals surface area (Å²) in [5.41, 5.74) is 3.55. The molecule has 1 aromatic heterocycles. The van der Waals surface area contributed by atoms with Crippen LogP contribution in [0.1, 0.15) is 55.5 Å². The molecule has 2 aliphatic rings. The lowest BCUT2D eigenvalue weighted by Gasteiger charge is -2.32. The van der Waals surface area contributed by atoms with Gasteiger partial charge in [0.1, 0.15) is 0 Å². The summed E-state index contributed by atoms with van der Waals surface area (Å²) in [6.07, 6.45) is 6.02. The second-order valence-corrected chi connectivity index (χ2v) is 8.21. The number of carbonyl (C=O) groups excluding carboxylic acids is 2. The number of likely N-dealkylation sites (tertiary alicyclic amines) is 1. The highest BCUT2D eigenvalue weighted by Gasteiger charge is 2.28. The molecule has 8 nitrogen and oxygen atoms in total.